The molecule has 1 aliphatic heterocycles. The second kappa shape index (κ2) is 5.51. The van der Waals surface area contributed by atoms with Gasteiger partial charge in [0.1, 0.15) is 11.6 Å². The number of rotatable bonds is 3. The minimum Gasteiger partial charge on any atom is -0.454 e. The maximum Gasteiger partial charge on any atom is 0.231 e. The molecular formula is C17H11NO3. The number of nitrogens with zero attached hydrogens (tertiary/aromatic N) is 1. The molecule has 0 aliphatic carbocycles. The first kappa shape index (κ1) is 12.9. The lowest BCUT2D eigenvalue weighted by Gasteiger charge is -2.02. The highest BCUT2D eigenvalue weighted by Gasteiger charge is 2.18. The molecule has 0 saturated heterocycles. The zero-order valence-corrected chi connectivity index (χ0v) is 11.1. The van der Waals surface area contributed by atoms with Crippen LogP contribution in [-0.2, 0) is 0 Å². The molecular weight excluding hydrogens is 266 g/mol. The van der Waals surface area contributed by atoms with Gasteiger partial charge in [-0.05, 0) is 29.8 Å². The Morgan fingerprint density at radius 3 is 2.62 bits per heavy atom. The minimum absolute atomic E-state index is 0.0834. The molecule has 21 heavy (non-hydrogen) atoms. The van der Waals surface area contributed by atoms with Crippen molar-refractivity contribution in [2.45, 2.75) is 0 Å². The Hall–Kier alpha value is -3.06. The smallest absolute Gasteiger partial charge is 0.231 e. The van der Waals surface area contributed by atoms with Crippen molar-refractivity contribution < 1.29 is 14.3 Å². The van der Waals surface area contributed by atoms with Gasteiger partial charge in [-0.15, -0.1) is 0 Å². The topological polar surface area (TPSA) is 59.3 Å². The average Bonchev–Trinajstić information content (AvgIpc) is 3.00. The first-order chi connectivity index (χ1) is 10.3. The molecule has 0 saturated carbocycles. The van der Waals surface area contributed by atoms with E-state index in [0.29, 0.717) is 17.1 Å². The van der Waals surface area contributed by atoms with Gasteiger partial charge in [0.05, 0.1) is 0 Å². The fourth-order valence-electron chi connectivity index (χ4n) is 2.06. The lowest BCUT2D eigenvalue weighted by atomic mass is 10.0. The molecule has 0 aromatic heterocycles. The molecule has 4 heteroatoms. The van der Waals surface area contributed by atoms with Crippen LogP contribution in [0.1, 0.15) is 15.9 Å². The molecule has 0 N–H and O–H groups in total. The van der Waals surface area contributed by atoms with E-state index < -0.39 is 0 Å². The fraction of sp³-hybridized carbons (Fsp3) is 0.0588. The number of carbonyl (C=O) groups excluding carboxylic acids is 1. The van der Waals surface area contributed by atoms with Gasteiger partial charge in [-0.25, -0.2) is 0 Å². The number of ketones is 1. The Morgan fingerprint density at radius 2 is 1.86 bits per heavy atom. The molecule has 2 aromatic carbocycles. The highest BCUT2D eigenvalue weighted by atomic mass is 16.7. The maximum atomic E-state index is 12.4. The quantitative estimate of drug-likeness (QED) is 0.491. The summed E-state index contributed by atoms with van der Waals surface area (Å²) in [5.74, 6) is 0.801. The number of ether oxygens (including phenoxy) is 2. The summed E-state index contributed by atoms with van der Waals surface area (Å²) in [5.41, 5.74) is 1.30. The predicted molar refractivity (Wildman–Crippen MR) is 76.9 cm³/mol. The van der Waals surface area contributed by atoms with Crippen LogP contribution in [0.15, 0.2) is 54.1 Å². The summed E-state index contributed by atoms with van der Waals surface area (Å²) in [6.45, 7) is 0.151. The predicted octanol–water partition coefficient (Wildman–Crippen LogP) is 3.21. The van der Waals surface area contributed by atoms with Crippen LogP contribution in [-0.4, -0.2) is 12.6 Å². The van der Waals surface area contributed by atoms with E-state index in [4.69, 9.17) is 9.47 Å². The van der Waals surface area contributed by atoms with E-state index in [1.54, 1.807) is 24.3 Å². The maximum absolute atomic E-state index is 12.4. The number of hydrogen-bond donors (Lipinski definition) is 0. The lowest BCUT2D eigenvalue weighted by molar-refractivity contribution is 0.103. The van der Waals surface area contributed by atoms with Gasteiger partial charge in [-0.1, -0.05) is 30.3 Å². The number of allylic oxidation sites excluding steroid dienone is 1. The molecule has 1 heterocycles. The Morgan fingerprint density at radius 1 is 1.10 bits per heavy atom. The van der Waals surface area contributed by atoms with E-state index in [2.05, 4.69) is 0 Å². The van der Waals surface area contributed by atoms with E-state index in [-0.39, 0.29) is 18.1 Å². The zero-order chi connectivity index (χ0) is 14.7. The summed E-state index contributed by atoms with van der Waals surface area (Å²) < 4.78 is 10.4. The normalized spacial score (nSPS) is 12.8. The van der Waals surface area contributed by atoms with Crippen molar-refractivity contribution in [2.75, 3.05) is 6.79 Å². The lowest BCUT2D eigenvalue weighted by Crippen LogP contribution is -2.01. The van der Waals surface area contributed by atoms with Crippen molar-refractivity contribution in [1.82, 2.24) is 0 Å². The van der Waals surface area contributed by atoms with Crippen molar-refractivity contribution in [3.63, 3.8) is 0 Å². The number of fused-ring (bicyclic) bond motifs is 1. The highest BCUT2D eigenvalue weighted by Crippen LogP contribution is 2.33. The molecule has 2 aromatic rings. The van der Waals surface area contributed by atoms with Crippen LogP contribution in [0.4, 0.5) is 0 Å². The molecule has 102 valence electrons. The molecule has 0 amide bonds. The van der Waals surface area contributed by atoms with Crippen LogP contribution < -0.4 is 9.47 Å². The Labute approximate surface area is 121 Å². The van der Waals surface area contributed by atoms with Gasteiger partial charge in [-0.2, -0.15) is 5.26 Å². The van der Waals surface area contributed by atoms with E-state index in [0.717, 1.165) is 5.56 Å². The second-order valence-corrected chi connectivity index (χ2v) is 4.48. The molecule has 0 radical (unpaired) electrons. The summed E-state index contributed by atoms with van der Waals surface area (Å²) >= 11 is 0. The zero-order valence-electron chi connectivity index (χ0n) is 11.1. The summed E-state index contributed by atoms with van der Waals surface area (Å²) in [6, 6.07) is 16.1. The largest absolute Gasteiger partial charge is 0.454 e. The third-order valence-electron chi connectivity index (χ3n) is 3.11. The molecule has 4 nitrogen and oxygen atoms in total. The fourth-order valence-corrected chi connectivity index (χ4v) is 2.06. The van der Waals surface area contributed by atoms with Crippen LogP contribution in [0, 0.1) is 11.3 Å². The number of benzene rings is 2. The first-order valence-electron chi connectivity index (χ1n) is 6.39. The van der Waals surface area contributed by atoms with E-state index >= 15 is 0 Å². The van der Waals surface area contributed by atoms with E-state index in [1.165, 1.54) is 0 Å². The van der Waals surface area contributed by atoms with Gasteiger partial charge in [0.15, 0.2) is 11.5 Å². The van der Waals surface area contributed by atoms with Crippen molar-refractivity contribution in [1.29, 1.82) is 5.26 Å². The van der Waals surface area contributed by atoms with Crippen LogP contribution in [0.2, 0.25) is 0 Å². The molecule has 0 unspecified atom stereocenters. The molecule has 1 aliphatic rings. The monoisotopic (exact) mass is 277 g/mol. The second-order valence-electron chi connectivity index (χ2n) is 4.48. The SMILES string of the molecule is N#C/C(=C/c1ccccc1)C(=O)c1ccc2c(c1)OCO2. The van der Waals surface area contributed by atoms with Crippen molar-refractivity contribution in [2.24, 2.45) is 0 Å². The van der Waals surface area contributed by atoms with Gasteiger partial charge in [0.25, 0.3) is 0 Å². The minimum atomic E-state index is -0.334. The average molecular weight is 277 g/mol. The third kappa shape index (κ3) is 2.63. The number of carbonyl (C=O) groups is 1. The Kier molecular flexibility index (Phi) is 3.40. The Balaban J connectivity index is 1.93. The molecule has 3 rings (SSSR count). The highest BCUT2D eigenvalue weighted by molar-refractivity contribution is 6.14. The van der Waals surface area contributed by atoms with Gasteiger partial charge >= 0.3 is 0 Å². The first-order valence-corrected chi connectivity index (χ1v) is 6.39. The number of nitriles is 1. The van der Waals surface area contributed by atoms with Crippen LogP contribution in [0.3, 0.4) is 0 Å². The van der Waals surface area contributed by atoms with Crippen molar-refractivity contribution in [3.8, 4) is 17.6 Å². The summed E-state index contributed by atoms with van der Waals surface area (Å²) in [6.07, 6.45) is 1.58. The third-order valence-corrected chi connectivity index (χ3v) is 3.11. The van der Waals surface area contributed by atoms with E-state index in [9.17, 15) is 10.1 Å². The van der Waals surface area contributed by atoms with E-state index in [1.807, 2.05) is 36.4 Å². The van der Waals surface area contributed by atoms with Gasteiger partial charge in [0.2, 0.25) is 12.6 Å². The molecule has 0 fully saturated rings. The van der Waals surface area contributed by atoms with Gasteiger partial charge in [-0.3, -0.25) is 4.79 Å². The van der Waals surface area contributed by atoms with Crippen molar-refractivity contribution >= 4 is 11.9 Å². The molecule has 0 spiro atoms. The number of hydrogen-bond acceptors (Lipinski definition) is 4. The van der Waals surface area contributed by atoms with Crippen molar-refractivity contribution in [3.05, 3.63) is 65.2 Å². The van der Waals surface area contributed by atoms with Crippen LogP contribution in [0.5, 0.6) is 11.5 Å². The summed E-state index contributed by atoms with van der Waals surface area (Å²) in [5, 5.41) is 9.22. The summed E-state index contributed by atoms with van der Waals surface area (Å²) in [7, 11) is 0. The Bertz CT molecular complexity index is 757. The summed E-state index contributed by atoms with van der Waals surface area (Å²) in [4.78, 5) is 12.4. The van der Waals surface area contributed by atoms with Gasteiger partial charge < -0.3 is 9.47 Å². The standard InChI is InChI=1S/C17H11NO3/c18-10-14(8-12-4-2-1-3-5-12)17(19)13-6-7-15-16(9-13)21-11-20-15/h1-9H,11H2/b14-8-. The van der Waals surface area contributed by atoms with Crippen LogP contribution >= 0.6 is 0 Å². The van der Waals surface area contributed by atoms with Crippen LogP contribution in [0.25, 0.3) is 6.08 Å². The number of Topliss-reactive ketones (excluding diaryl/α,β-unsaturated/α-hetero) is 1. The molecule has 0 bridgehead atoms. The molecule has 0 atom stereocenters. The van der Waals surface area contributed by atoms with Gasteiger partial charge in [0, 0.05) is 5.56 Å².